The predicted molar refractivity (Wildman–Crippen MR) is 310 cm³/mol. The van der Waals surface area contributed by atoms with Gasteiger partial charge in [0.25, 0.3) is 0 Å². The normalized spacial score (nSPS) is 19.1. The van der Waals surface area contributed by atoms with Gasteiger partial charge in [0.15, 0.2) is 14.6 Å². The second kappa shape index (κ2) is 19.9. The molecule has 10 rings (SSSR count). The van der Waals surface area contributed by atoms with Crippen LogP contribution in [0.1, 0.15) is 90.3 Å². The van der Waals surface area contributed by atoms with Crippen LogP contribution in [0.4, 0.5) is 22.7 Å². The number of pyridine rings is 2. The van der Waals surface area contributed by atoms with Crippen molar-refractivity contribution in [2.24, 2.45) is 0 Å². The summed E-state index contributed by atoms with van der Waals surface area (Å²) in [6.07, 6.45) is 26.2. The molecule has 73 heavy (non-hydrogen) atoms. The molecule has 7 aromatic rings. The summed E-state index contributed by atoms with van der Waals surface area (Å²) >= 11 is 0. The smallest absolute Gasteiger partial charge is 0.221 e. The highest BCUT2D eigenvalue weighted by Gasteiger charge is 2.33. The predicted octanol–water partition coefficient (Wildman–Crippen LogP) is 14.9. The van der Waals surface area contributed by atoms with Crippen molar-refractivity contribution in [1.29, 1.82) is 0 Å². The lowest BCUT2D eigenvalue weighted by Gasteiger charge is -2.29. The molecule has 3 aliphatic rings. The van der Waals surface area contributed by atoms with Crippen molar-refractivity contribution in [3.63, 3.8) is 0 Å². The van der Waals surface area contributed by atoms with Crippen molar-refractivity contribution in [1.82, 2.24) is 25.2 Å². The number of fused-ring (bicyclic) bond motifs is 4. The van der Waals surface area contributed by atoms with E-state index in [0.29, 0.717) is 18.3 Å². The number of nitrogens with one attached hydrogen (secondary N) is 2. The van der Waals surface area contributed by atoms with E-state index in [1.807, 2.05) is 55.3 Å². The molecule has 0 unspecified atom stereocenters. The lowest BCUT2D eigenvalue weighted by atomic mass is 9.63. The van der Waals surface area contributed by atoms with Crippen molar-refractivity contribution in [2.45, 2.75) is 78.6 Å². The van der Waals surface area contributed by atoms with E-state index in [9.17, 15) is 0 Å². The van der Waals surface area contributed by atoms with Crippen LogP contribution in [-0.4, -0.2) is 35.8 Å². The van der Waals surface area contributed by atoms with E-state index < -0.39 is 0 Å². The number of nitrogens with zero attached hydrogens (tertiary/aromatic N) is 5. The number of benzene rings is 4. The van der Waals surface area contributed by atoms with Crippen molar-refractivity contribution in [3.8, 4) is 17.4 Å². The van der Waals surface area contributed by atoms with E-state index in [1.54, 1.807) is 0 Å². The Morgan fingerprint density at radius 1 is 0.548 bits per heavy atom. The third-order valence-electron chi connectivity index (χ3n) is 13.5. The number of hydrogen-bond acceptors (Lipinski definition) is 7. The molecular formula is C63H63B2N7O. The van der Waals surface area contributed by atoms with Crippen molar-refractivity contribution >= 4 is 70.1 Å². The molecule has 0 amide bonds. The summed E-state index contributed by atoms with van der Waals surface area (Å²) < 4.78 is 9.28. The zero-order valence-corrected chi connectivity index (χ0v) is 43.5. The molecule has 3 aliphatic heterocycles. The van der Waals surface area contributed by atoms with Crippen molar-refractivity contribution in [2.75, 3.05) is 16.5 Å². The average molecular weight is 956 g/mol. The highest BCUT2D eigenvalue weighted by atomic mass is 16.5. The van der Waals surface area contributed by atoms with E-state index in [1.165, 1.54) is 16.5 Å². The van der Waals surface area contributed by atoms with Gasteiger partial charge in [-0.05, 0) is 112 Å². The maximum atomic E-state index is 6.99. The molecule has 10 heteroatoms. The van der Waals surface area contributed by atoms with E-state index in [2.05, 4.69) is 241 Å². The molecule has 6 heterocycles. The highest BCUT2D eigenvalue weighted by Crippen LogP contribution is 2.49. The van der Waals surface area contributed by atoms with Crippen LogP contribution in [0.5, 0.6) is 11.6 Å². The first-order chi connectivity index (χ1) is 35.1. The van der Waals surface area contributed by atoms with Crippen LogP contribution >= 0.6 is 0 Å². The van der Waals surface area contributed by atoms with Gasteiger partial charge in [-0.25, -0.2) is 9.97 Å². The lowest BCUT2D eigenvalue weighted by Crippen LogP contribution is -2.26. The third kappa shape index (κ3) is 10.3. The zero-order valence-electron chi connectivity index (χ0n) is 43.5. The van der Waals surface area contributed by atoms with Gasteiger partial charge >= 0.3 is 0 Å². The molecular weight excluding hydrogens is 892 g/mol. The summed E-state index contributed by atoms with van der Waals surface area (Å²) in [7, 11) is 4.37. The average Bonchev–Trinajstić information content (AvgIpc) is 3.91. The number of allylic oxidation sites excluding steroid dienone is 8. The quantitative estimate of drug-likeness (QED) is 0.154. The van der Waals surface area contributed by atoms with E-state index in [4.69, 9.17) is 14.7 Å². The van der Waals surface area contributed by atoms with Gasteiger partial charge in [0.2, 0.25) is 5.88 Å². The van der Waals surface area contributed by atoms with Gasteiger partial charge in [0.05, 0.1) is 39.5 Å². The molecule has 4 aromatic carbocycles. The number of ether oxygens (including phenoxy) is 1. The molecule has 3 aromatic heterocycles. The van der Waals surface area contributed by atoms with E-state index in [0.717, 1.165) is 72.8 Å². The maximum Gasteiger partial charge on any atom is 0.221 e. The van der Waals surface area contributed by atoms with Gasteiger partial charge in [-0.3, -0.25) is 4.57 Å². The number of aromatic nitrogens is 3. The Bertz CT molecular complexity index is 3420. The lowest BCUT2D eigenvalue weighted by molar-refractivity contribution is 0.452. The first kappa shape index (κ1) is 48.6. The summed E-state index contributed by atoms with van der Waals surface area (Å²) in [4.78, 5) is 15.1. The Labute approximate surface area is 433 Å². The molecule has 0 bridgehead atoms. The molecule has 0 atom stereocenters. The first-order valence-electron chi connectivity index (χ1n) is 25.2. The molecule has 0 saturated heterocycles. The Balaban J connectivity index is 1.10. The van der Waals surface area contributed by atoms with Crippen LogP contribution in [-0.2, 0) is 16.2 Å². The largest absolute Gasteiger partial charge is 0.439 e. The fraction of sp³-hybridized carbons (Fsp3) is 0.206. The topological polar surface area (TPSA) is 70.5 Å². The second-order valence-electron chi connectivity index (χ2n) is 21.9. The zero-order chi connectivity index (χ0) is 50.9. The molecule has 8 nitrogen and oxygen atoms in total. The molecule has 0 fully saturated rings. The minimum absolute atomic E-state index is 0.0146. The number of hydrogen-bond donors (Lipinski definition) is 2. The van der Waals surface area contributed by atoms with Crippen LogP contribution < -0.4 is 25.2 Å². The summed E-state index contributed by atoms with van der Waals surface area (Å²) in [5, 5.41) is 8.81. The minimum atomic E-state index is -0.288. The Kier molecular flexibility index (Phi) is 13.3. The fourth-order valence-corrected chi connectivity index (χ4v) is 9.58. The van der Waals surface area contributed by atoms with Crippen LogP contribution in [0.25, 0.3) is 38.6 Å². The highest BCUT2D eigenvalue weighted by molar-refractivity contribution is 6.67. The van der Waals surface area contributed by atoms with Gasteiger partial charge in [-0.2, -0.15) is 0 Å². The maximum absolute atomic E-state index is 6.99. The van der Waals surface area contributed by atoms with Gasteiger partial charge < -0.3 is 25.2 Å². The van der Waals surface area contributed by atoms with E-state index in [-0.39, 0.29) is 16.2 Å². The molecule has 362 valence electrons. The monoisotopic (exact) mass is 956 g/mol. The molecule has 0 saturated carbocycles. The number of rotatable bonds is 7. The van der Waals surface area contributed by atoms with Crippen LogP contribution in [0.15, 0.2) is 195 Å². The number of para-hydroxylation sites is 3. The van der Waals surface area contributed by atoms with Gasteiger partial charge in [0.1, 0.15) is 18.2 Å². The third-order valence-corrected chi connectivity index (χ3v) is 13.5. The van der Waals surface area contributed by atoms with Crippen molar-refractivity contribution in [3.05, 3.63) is 223 Å². The Morgan fingerprint density at radius 2 is 1.18 bits per heavy atom. The number of anilines is 4. The van der Waals surface area contributed by atoms with Gasteiger partial charge in [-0.1, -0.05) is 134 Å². The summed E-state index contributed by atoms with van der Waals surface area (Å²) in [5.74, 6) is 6.28. The van der Waals surface area contributed by atoms with E-state index >= 15 is 0 Å². The summed E-state index contributed by atoms with van der Waals surface area (Å²) in [5.41, 5.74) is 13.8. The van der Waals surface area contributed by atoms with Crippen molar-refractivity contribution < 1.29 is 4.74 Å². The first-order valence-corrected chi connectivity index (χ1v) is 25.2. The molecule has 0 spiro atoms. The summed E-state index contributed by atoms with van der Waals surface area (Å²) in [6, 6.07) is 37.2. The fourth-order valence-electron chi connectivity index (χ4n) is 9.58. The minimum Gasteiger partial charge on any atom is -0.439 e. The van der Waals surface area contributed by atoms with Gasteiger partial charge in [-0.15, -0.1) is 12.0 Å². The Hall–Kier alpha value is -7.97. The van der Waals surface area contributed by atoms with Crippen LogP contribution in [0, 0.1) is 0 Å². The standard InChI is InChI=1S/C63H63B2N7O/c1-61(2,3)43-25-28-53-50(37-43)47-27-26-46(41-56(47)72(53)58-38-44(29-36-68-58)62(4,5)6)73-59-40-45(39-57(69-59)63(7,8)9)70-42-71(55-24-11-10-23-54(55)70)60-48(51-21-17-34-66-32-14-12-30-64-51)19-16-20-49(60)52-22-18-35-67-33-15-13-31-65-52/h10-41,66-67H,42H2,1-9H3/b30-12-,31-13-,32-14-,33-15-,34-17-,35-18-,51-21-,52-22-. The summed E-state index contributed by atoms with van der Waals surface area (Å²) in [6.45, 7) is 20.7. The Morgan fingerprint density at radius 3 is 1.82 bits per heavy atom. The molecule has 2 N–H and O–H groups in total. The van der Waals surface area contributed by atoms with Gasteiger partial charge in [0, 0.05) is 59.3 Å². The molecule has 0 aliphatic carbocycles. The molecule has 2 radical (unpaired) electrons. The van der Waals surface area contributed by atoms with Crippen LogP contribution in [0.2, 0.25) is 0 Å². The van der Waals surface area contributed by atoms with Crippen LogP contribution in [0.3, 0.4) is 0 Å². The SMILES string of the molecule is CC(C)(C)c1ccnc(-n2c3ccc(C(C)(C)C)cc3c3ccc(Oc4cc(N5CN(c6c(/C7=C/C=C\N/C=C\C=C/[B]7)cccc6/C6=C/C=C\N/C=C\C=C/[B]6)c6ccccc65)cc(C(C)(C)C)n4)cc32)c1. The second-order valence-corrected chi connectivity index (χ2v) is 21.9.